The summed E-state index contributed by atoms with van der Waals surface area (Å²) in [4.78, 5) is 11.7. The maximum atomic E-state index is 11.7. The van der Waals surface area contributed by atoms with Gasteiger partial charge in [-0.3, -0.25) is 0 Å². The highest BCUT2D eigenvalue weighted by Gasteiger charge is 2.08. The van der Waals surface area contributed by atoms with Gasteiger partial charge in [0.05, 0.1) is 14.2 Å². The summed E-state index contributed by atoms with van der Waals surface area (Å²) in [5.74, 6) is 1.34. The molecule has 0 aliphatic heterocycles. The summed E-state index contributed by atoms with van der Waals surface area (Å²) in [5, 5.41) is 3.74. The minimum absolute atomic E-state index is 0.0652. The molecule has 116 valence electrons. The van der Waals surface area contributed by atoms with Crippen LogP contribution in [0.1, 0.15) is 17.0 Å². The topological polar surface area (TPSA) is 70.8 Å². The van der Waals surface area contributed by atoms with Crippen molar-refractivity contribution in [2.75, 3.05) is 14.2 Å². The van der Waals surface area contributed by atoms with Crippen molar-refractivity contribution in [3.8, 4) is 11.5 Å². The van der Waals surface area contributed by atoms with Gasteiger partial charge >= 0.3 is 5.97 Å². The van der Waals surface area contributed by atoms with Crippen LogP contribution in [0.2, 0.25) is 0 Å². The lowest BCUT2D eigenvalue weighted by molar-refractivity contribution is -0.139. The van der Waals surface area contributed by atoms with Crippen LogP contribution < -0.4 is 9.47 Å². The van der Waals surface area contributed by atoms with Gasteiger partial charge in [-0.1, -0.05) is 17.3 Å². The number of hydrogen-bond donors (Lipinski definition) is 0. The van der Waals surface area contributed by atoms with Crippen LogP contribution in [0.25, 0.3) is 6.08 Å². The van der Waals surface area contributed by atoms with Crippen molar-refractivity contribution >= 4 is 12.0 Å². The molecule has 1 aromatic carbocycles. The molecule has 0 bridgehead atoms. The fraction of sp³-hybridized carbons (Fsp3) is 0.250. The van der Waals surface area contributed by atoms with E-state index in [1.54, 1.807) is 39.4 Å². The molecule has 0 aliphatic carbocycles. The van der Waals surface area contributed by atoms with Crippen LogP contribution in [-0.2, 0) is 16.1 Å². The first-order chi connectivity index (χ1) is 10.6. The van der Waals surface area contributed by atoms with Crippen LogP contribution in [0, 0.1) is 6.92 Å². The number of nitrogens with zero attached hydrogens (tertiary/aromatic N) is 1. The number of esters is 1. The summed E-state index contributed by atoms with van der Waals surface area (Å²) in [6.07, 6.45) is 2.93. The molecule has 0 amide bonds. The maximum Gasteiger partial charge on any atom is 0.331 e. The molecule has 0 spiro atoms. The molecule has 0 atom stereocenters. The molecule has 0 radical (unpaired) electrons. The van der Waals surface area contributed by atoms with Gasteiger partial charge in [-0.05, 0) is 19.1 Å². The minimum atomic E-state index is -0.481. The Morgan fingerprint density at radius 1 is 1.32 bits per heavy atom. The largest absolute Gasteiger partial charge is 0.493 e. The highest BCUT2D eigenvalue weighted by molar-refractivity contribution is 5.87. The summed E-state index contributed by atoms with van der Waals surface area (Å²) in [6, 6.07) is 7.11. The molecule has 1 aromatic heterocycles. The van der Waals surface area contributed by atoms with Gasteiger partial charge in [-0.25, -0.2) is 4.79 Å². The summed E-state index contributed by atoms with van der Waals surface area (Å²) in [7, 11) is 3.10. The van der Waals surface area contributed by atoms with Gasteiger partial charge in [0.2, 0.25) is 0 Å². The van der Waals surface area contributed by atoms with Gasteiger partial charge in [0.15, 0.2) is 11.5 Å². The van der Waals surface area contributed by atoms with Crippen LogP contribution in [-0.4, -0.2) is 25.3 Å². The fourth-order valence-electron chi connectivity index (χ4n) is 1.88. The van der Waals surface area contributed by atoms with Crippen molar-refractivity contribution in [1.82, 2.24) is 5.16 Å². The Bertz CT molecular complexity index is 675. The molecular weight excluding hydrogens is 286 g/mol. The third kappa shape index (κ3) is 3.88. The first-order valence-corrected chi connectivity index (χ1v) is 6.62. The Balaban J connectivity index is 2.00. The molecular formula is C16H17NO5. The molecule has 6 heteroatoms. The SMILES string of the molecule is COc1cccc(/C=C/C(=O)OCc2cc(C)on2)c1OC. The summed E-state index contributed by atoms with van der Waals surface area (Å²) in [6.45, 7) is 1.84. The van der Waals surface area contributed by atoms with E-state index in [0.29, 0.717) is 23.0 Å². The Hall–Kier alpha value is -2.76. The molecule has 0 fully saturated rings. The smallest absolute Gasteiger partial charge is 0.331 e. The number of carbonyl (C=O) groups is 1. The van der Waals surface area contributed by atoms with Crippen molar-refractivity contribution < 1.29 is 23.5 Å². The first kappa shape index (κ1) is 15.6. The van der Waals surface area contributed by atoms with E-state index in [1.807, 2.05) is 12.1 Å². The Morgan fingerprint density at radius 2 is 2.14 bits per heavy atom. The number of para-hydroxylation sites is 1. The Morgan fingerprint density at radius 3 is 2.77 bits per heavy atom. The second kappa shape index (κ2) is 7.31. The number of rotatable bonds is 6. The highest BCUT2D eigenvalue weighted by Crippen LogP contribution is 2.31. The van der Waals surface area contributed by atoms with E-state index in [1.165, 1.54) is 6.08 Å². The minimum Gasteiger partial charge on any atom is -0.493 e. The lowest BCUT2D eigenvalue weighted by Crippen LogP contribution is -2.01. The van der Waals surface area contributed by atoms with E-state index in [4.69, 9.17) is 18.7 Å². The van der Waals surface area contributed by atoms with Crippen LogP contribution in [0.3, 0.4) is 0 Å². The van der Waals surface area contributed by atoms with Gasteiger partial charge in [-0.2, -0.15) is 0 Å². The zero-order valence-corrected chi connectivity index (χ0v) is 12.7. The van der Waals surface area contributed by atoms with Gasteiger partial charge in [0, 0.05) is 17.7 Å². The number of ether oxygens (including phenoxy) is 3. The number of aryl methyl sites for hydroxylation is 1. The van der Waals surface area contributed by atoms with Crippen LogP contribution in [0.4, 0.5) is 0 Å². The van der Waals surface area contributed by atoms with Gasteiger partial charge in [0.1, 0.15) is 18.1 Å². The highest BCUT2D eigenvalue weighted by atomic mass is 16.5. The predicted octanol–water partition coefficient (Wildman–Crippen LogP) is 2.76. The lowest BCUT2D eigenvalue weighted by atomic mass is 10.1. The van der Waals surface area contributed by atoms with Gasteiger partial charge in [0.25, 0.3) is 0 Å². The van der Waals surface area contributed by atoms with Crippen molar-refractivity contribution in [3.63, 3.8) is 0 Å². The van der Waals surface area contributed by atoms with Gasteiger partial charge < -0.3 is 18.7 Å². The van der Waals surface area contributed by atoms with E-state index < -0.39 is 5.97 Å². The molecule has 1 heterocycles. The molecule has 0 saturated carbocycles. The number of hydrogen-bond acceptors (Lipinski definition) is 6. The summed E-state index contributed by atoms with van der Waals surface area (Å²) >= 11 is 0. The molecule has 2 rings (SSSR count). The molecule has 0 saturated heterocycles. The standard InChI is InChI=1S/C16H17NO5/c1-11-9-13(17-22-11)10-21-15(18)8-7-12-5-4-6-14(19-2)16(12)20-3/h4-9H,10H2,1-3H3/b8-7+. The molecule has 6 nitrogen and oxygen atoms in total. The molecule has 22 heavy (non-hydrogen) atoms. The van der Waals surface area contributed by atoms with Crippen LogP contribution >= 0.6 is 0 Å². The first-order valence-electron chi connectivity index (χ1n) is 6.62. The third-order valence-electron chi connectivity index (χ3n) is 2.87. The second-order valence-electron chi connectivity index (χ2n) is 4.45. The number of methoxy groups -OCH3 is 2. The van der Waals surface area contributed by atoms with E-state index in [-0.39, 0.29) is 6.61 Å². The van der Waals surface area contributed by atoms with E-state index in [0.717, 1.165) is 5.56 Å². The summed E-state index contributed by atoms with van der Waals surface area (Å²) in [5.41, 5.74) is 1.29. The number of benzene rings is 1. The zero-order valence-electron chi connectivity index (χ0n) is 12.7. The molecule has 0 aliphatic rings. The van der Waals surface area contributed by atoms with Crippen molar-refractivity contribution in [3.05, 3.63) is 47.4 Å². The van der Waals surface area contributed by atoms with E-state index in [2.05, 4.69) is 5.16 Å². The monoisotopic (exact) mass is 303 g/mol. The average Bonchev–Trinajstić information content (AvgIpc) is 2.95. The molecule has 0 N–H and O–H groups in total. The third-order valence-corrected chi connectivity index (χ3v) is 2.87. The van der Waals surface area contributed by atoms with Crippen molar-refractivity contribution in [1.29, 1.82) is 0 Å². The average molecular weight is 303 g/mol. The van der Waals surface area contributed by atoms with Crippen LogP contribution in [0.5, 0.6) is 11.5 Å². The Kier molecular flexibility index (Phi) is 5.19. The zero-order chi connectivity index (χ0) is 15.9. The van der Waals surface area contributed by atoms with Crippen molar-refractivity contribution in [2.24, 2.45) is 0 Å². The lowest BCUT2D eigenvalue weighted by Gasteiger charge is -2.09. The second-order valence-corrected chi connectivity index (χ2v) is 4.45. The van der Waals surface area contributed by atoms with Gasteiger partial charge in [-0.15, -0.1) is 0 Å². The van der Waals surface area contributed by atoms with Crippen LogP contribution in [0.15, 0.2) is 34.9 Å². The fourth-order valence-corrected chi connectivity index (χ4v) is 1.88. The number of carbonyl (C=O) groups excluding carboxylic acids is 1. The quantitative estimate of drug-likeness (QED) is 0.603. The number of aromatic nitrogens is 1. The van der Waals surface area contributed by atoms with E-state index in [9.17, 15) is 4.79 Å². The summed E-state index contributed by atoms with van der Waals surface area (Å²) < 4.78 is 20.4. The van der Waals surface area contributed by atoms with E-state index >= 15 is 0 Å². The molecule has 2 aromatic rings. The normalized spacial score (nSPS) is 10.7. The predicted molar refractivity (Wildman–Crippen MR) is 79.6 cm³/mol. The maximum absolute atomic E-state index is 11.7. The Labute approximate surface area is 128 Å². The molecule has 0 unspecified atom stereocenters. The van der Waals surface area contributed by atoms with Crippen molar-refractivity contribution in [2.45, 2.75) is 13.5 Å².